The molecule has 0 fully saturated rings. The van der Waals surface area contributed by atoms with E-state index in [4.69, 9.17) is 5.73 Å². The molecule has 1 aromatic heterocycles. The average molecular weight is 213 g/mol. The number of hydrogen-bond acceptors (Lipinski definition) is 4. The Bertz CT molecular complexity index is 311. The molecule has 3 N–H and O–H groups in total. The molecule has 1 atom stereocenters. The summed E-state index contributed by atoms with van der Waals surface area (Å²) in [4.78, 5) is 16.5. The molecule has 1 unspecified atom stereocenters. The molecule has 1 rings (SSSR count). The first kappa shape index (κ1) is 11.1. The van der Waals surface area contributed by atoms with Gasteiger partial charge in [0.1, 0.15) is 0 Å². The van der Waals surface area contributed by atoms with E-state index in [1.54, 1.807) is 17.5 Å². The maximum Gasteiger partial charge on any atom is 0.237 e. The van der Waals surface area contributed by atoms with Crippen molar-refractivity contribution in [1.29, 1.82) is 0 Å². The number of thiazole rings is 1. The van der Waals surface area contributed by atoms with E-state index in [-0.39, 0.29) is 5.91 Å². The molecule has 0 spiro atoms. The van der Waals surface area contributed by atoms with Crippen molar-refractivity contribution in [2.45, 2.75) is 32.9 Å². The van der Waals surface area contributed by atoms with Crippen LogP contribution in [0, 0.1) is 6.92 Å². The fraction of sp³-hybridized carbons (Fsp3) is 0.556. The lowest BCUT2D eigenvalue weighted by atomic mass is 10.2. The van der Waals surface area contributed by atoms with Gasteiger partial charge in [-0.05, 0) is 13.3 Å². The molecule has 1 amide bonds. The zero-order chi connectivity index (χ0) is 10.6. The van der Waals surface area contributed by atoms with Crippen LogP contribution in [-0.2, 0) is 11.3 Å². The van der Waals surface area contributed by atoms with Crippen LogP contribution in [0.15, 0.2) is 6.20 Å². The number of aryl methyl sites for hydroxylation is 1. The normalized spacial score (nSPS) is 12.5. The third kappa shape index (κ3) is 3.08. The number of nitrogens with one attached hydrogen (secondary N) is 1. The van der Waals surface area contributed by atoms with Gasteiger partial charge in [0.25, 0.3) is 0 Å². The lowest BCUT2D eigenvalue weighted by Crippen LogP contribution is -2.39. The second kappa shape index (κ2) is 5.07. The number of nitrogens with two attached hydrogens (primary N) is 1. The van der Waals surface area contributed by atoms with E-state index in [0.717, 1.165) is 9.88 Å². The highest BCUT2D eigenvalue weighted by Crippen LogP contribution is 2.10. The highest BCUT2D eigenvalue weighted by molar-refractivity contribution is 7.11. The van der Waals surface area contributed by atoms with Gasteiger partial charge in [-0.25, -0.2) is 4.98 Å². The molecule has 1 heterocycles. The van der Waals surface area contributed by atoms with E-state index < -0.39 is 6.04 Å². The van der Waals surface area contributed by atoms with Gasteiger partial charge in [-0.15, -0.1) is 11.3 Å². The number of rotatable bonds is 4. The van der Waals surface area contributed by atoms with E-state index in [2.05, 4.69) is 10.3 Å². The van der Waals surface area contributed by atoms with Crippen LogP contribution in [0.2, 0.25) is 0 Å². The second-order valence-electron chi connectivity index (χ2n) is 3.08. The zero-order valence-corrected chi connectivity index (χ0v) is 9.23. The molecule has 1 aromatic rings. The fourth-order valence-electron chi connectivity index (χ4n) is 0.978. The summed E-state index contributed by atoms with van der Waals surface area (Å²) < 4.78 is 0. The average Bonchev–Trinajstić information content (AvgIpc) is 2.59. The van der Waals surface area contributed by atoms with E-state index in [0.29, 0.717) is 13.0 Å². The SMILES string of the molecule is CCC(N)C(=O)NCc1cnc(C)s1. The fourth-order valence-corrected chi connectivity index (χ4v) is 1.71. The Morgan fingerprint density at radius 2 is 2.50 bits per heavy atom. The van der Waals surface area contributed by atoms with Crippen molar-refractivity contribution in [2.24, 2.45) is 5.73 Å². The number of nitrogens with zero attached hydrogens (tertiary/aromatic N) is 1. The molecule has 0 saturated heterocycles. The molecule has 14 heavy (non-hydrogen) atoms. The van der Waals surface area contributed by atoms with Crippen LogP contribution in [0.5, 0.6) is 0 Å². The summed E-state index contributed by atoms with van der Waals surface area (Å²) in [7, 11) is 0. The second-order valence-corrected chi connectivity index (χ2v) is 4.40. The third-order valence-electron chi connectivity index (χ3n) is 1.88. The lowest BCUT2D eigenvalue weighted by molar-refractivity contribution is -0.122. The Balaban J connectivity index is 2.37. The van der Waals surface area contributed by atoms with Crippen molar-refractivity contribution in [2.75, 3.05) is 0 Å². The van der Waals surface area contributed by atoms with E-state index in [1.165, 1.54) is 0 Å². The van der Waals surface area contributed by atoms with Gasteiger partial charge in [-0.1, -0.05) is 6.92 Å². The lowest BCUT2D eigenvalue weighted by Gasteiger charge is -2.08. The Morgan fingerprint density at radius 1 is 1.79 bits per heavy atom. The molecular formula is C9H15N3OS. The van der Waals surface area contributed by atoms with Crippen LogP contribution in [0.4, 0.5) is 0 Å². The summed E-state index contributed by atoms with van der Waals surface area (Å²) in [6.07, 6.45) is 2.44. The van der Waals surface area contributed by atoms with Gasteiger partial charge in [0.15, 0.2) is 0 Å². The van der Waals surface area contributed by atoms with Crippen molar-refractivity contribution in [3.05, 3.63) is 16.1 Å². The van der Waals surface area contributed by atoms with Gasteiger partial charge in [0, 0.05) is 11.1 Å². The van der Waals surface area contributed by atoms with E-state index in [9.17, 15) is 4.79 Å². The molecule has 0 aliphatic carbocycles. The minimum absolute atomic E-state index is 0.0986. The summed E-state index contributed by atoms with van der Waals surface area (Å²) in [5.74, 6) is -0.0986. The molecule has 78 valence electrons. The van der Waals surface area contributed by atoms with Crippen molar-refractivity contribution in [1.82, 2.24) is 10.3 Å². The summed E-state index contributed by atoms with van der Waals surface area (Å²) in [5.41, 5.74) is 5.56. The van der Waals surface area contributed by atoms with Crippen LogP contribution in [0.25, 0.3) is 0 Å². The predicted molar refractivity (Wildman–Crippen MR) is 57.0 cm³/mol. The Labute approximate surface area is 87.5 Å². The summed E-state index contributed by atoms with van der Waals surface area (Å²) in [5, 5.41) is 3.78. The number of hydrogen-bond donors (Lipinski definition) is 2. The van der Waals surface area contributed by atoms with Crippen molar-refractivity contribution in [3.63, 3.8) is 0 Å². The zero-order valence-electron chi connectivity index (χ0n) is 8.41. The first-order valence-electron chi connectivity index (χ1n) is 4.58. The summed E-state index contributed by atoms with van der Waals surface area (Å²) in [6.45, 7) is 4.35. The number of aromatic nitrogens is 1. The maximum absolute atomic E-state index is 11.3. The van der Waals surface area contributed by atoms with E-state index in [1.807, 2.05) is 13.8 Å². The molecule has 0 radical (unpaired) electrons. The monoisotopic (exact) mass is 213 g/mol. The van der Waals surface area contributed by atoms with Gasteiger partial charge in [0.2, 0.25) is 5.91 Å². The molecule has 0 aliphatic rings. The minimum Gasteiger partial charge on any atom is -0.350 e. The molecule has 4 nitrogen and oxygen atoms in total. The number of carbonyl (C=O) groups excluding carboxylic acids is 1. The Hall–Kier alpha value is -0.940. The first-order valence-corrected chi connectivity index (χ1v) is 5.39. The van der Waals surface area contributed by atoms with Crippen LogP contribution >= 0.6 is 11.3 Å². The molecule has 0 aromatic carbocycles. The highest BCUT2D eigenvalue weighted by atomic mass is 32.1. The largest absolute Gasteiger partial charge is 0.350 e. The van der Waals surface area contributed by atoms with Crippen LogP contribution in [0.1, 0.15) is 23.2 Å². The molecule has 0 aliphatic heterocycles. The van der Waals surface area contributed by atoms with Crippen molar-refractivity contribution >= 4 is 17.2 Å². The van der Waals surface area contributed by atoms with Gasteiger partial charge in [-0.2, -0.15) is 0 Å². The van der Waals surface area contributed by atoms with Gasteiger partial charge < -0.3 is 11.1 Å². The summed E-state index contributed by atoms with van der Waals surface area (Å²) >= 11 is 1.58. The highest BCUT2D eigenvalue weighted by Gasteiger charge is 2.10. The number of carbonyl (C=O) groups is 1. The smallest absolute Gasteiger partial charge is 0.237 e. The van der Waals surface area contributed by atoms with Crippen molar-refractivity contribution < 1.29 is 4.79 Å². The van der Waals surface area contributed by atoms with Crippen LogP contribution < -0.4 is 11.1 Å². The quantitative estimate of drug-likeness (QED) is 0.777. The Kier molecular flexibility index (Phi) is 4.03. The number of amides is 1. The Morgan fingerprint density at radius 3 is 3.00 bits per heavy atom. The molecule has 0 saturated carbocycles. The van der Waals surface area contributed by atoms with Crippen LogP contribution in [-0.4, -0.2) is 16.9 Å². The summed E-state index contributed by atoms with van der Waals surface area (Å²) in [6, 6.07) is -0.399. The molecule has 0 bridgehead atoms. The van der Waals surface area contributed by atoms with E-state index >= 15 is 0 Å². The minimum atomic E-state index is -0.399. The van der Waals surface area contributed by atoms with Crippen LogP contribution in [0.3, 0.4) is 0 Å². The van der Waals surface area contributed by atoms with Gasteiger partial charge in [0.05, 0.1) is 17.6 Å². The van der Waals surface area contributed by atoms with Gasteiger partial charge in [-0.3, -0.25) is 4.79 Å². The standard InChI is InChI=1S/C9H15N3OS/c1-3-8(10)9(13)12-5-7-4-11-6(2)14-7/h4,8H,3,5,10H2,1-2H3,(H,12,13). The predicted octanol–water partition coefficient (Wildman–Crippen LogP) is 0.805. The third-order valence-corrected chi connectivity index (χ3v) is 2.80. The molecule has 5 heteroatoms. The van der Waals surface area contributed by atoms with Crippen molar-refractivity contribution in [3.8, 4) is 0 Å². The first-order chi connectivity index (χ1) is 6.63. The molecular weight excluding hydrogens is 198 g/mol. The topological polar surface area (TPSA) is 68.0 Å². The van der Waals surface area contributed by atoms with Gasteiger partial charge >= 0.3 is 0 Å². The maximum atomic E-state index is 11.3.